The lowest BCUT2D eigenvalue weighted by Crippen LogP contribution is -2.57. The maximum Gasteiger partial charge on any atom is 0.330 e. The van der Waals surface area contributed by atoms with Gasteiger partial charge in [0, 0.05) is 0 Å². The molecule has 6 heteroatoms. The monoisotopic (exact) mass is 242 g/mol. The zero-order valence-corrected chi connectivity index (χ0v) is 10.5. The molecule has 0 aromatic heterocycles. The SMILES string of the molecule is CCC(CC)(C(=O)O)N1C(=O)NC(C)(C)C1=O. The molecular weight excluding hydrogens is 224 g/mol. The minimum absolute atomic E-state index is 0.189. The van der Waals surface area contributed by atoms with Gasteiger partial charge in [-0.05, 0) is 26.7 Å². The van der Waals surface area contributed by atoms with Crippen LogP contribution in [0.3, 0.4) is 0 Å². The molecule has 1 saturated heterocycles. The Labute approximate surface area is 100.0 Å². The smallest absolute Gasteiger partial charge is 0.330 e. The van der Waals surface area contributed by atoms with Crippen LogP contribution in [0.2, 0.25) is 0 Å². The molecule has 0 bridgehead atoms. The highest BCUT2D eigenvalue weighted by Crippen LogP contribution is 2.31. The van der Waals surface area contributed by atoms with Crippen LogP contribution in [0, 0.1) is 0 Å². The summed E-state index contributed by atoms with van der Waals surface area (Å²) in [7, 11) is 0. The second-order valence-corrected chi connectivity index (χ2v) is 4.74. The van der Waals surface area contributed by atoms with E-state index in [-0.39, 0.29) is 12.8 Å². The maximum atomic E-state index is 12.1. The molecule has 2 N–H and O–H groups in total. The van der Waals surface area contributed by atoms with Gasteiger partial charge in [0.05, 0.1) is 0 Å². The number of urea groups is 1. The van der Waals surface area contributed by atoms with Gasteiger partial charge < -0.3 is 10.4 Å². The van der Waals surface area contributed by atoms with Gasteiger partial charge in [-0.25, -0.2) is 14.5 Å². The van der Waals surface area contributed by atoms with Crippen molar-refractivity contribution in [3.8, 4) is 0 Å². The second-order valence-electron chi connectivity index (χ2n) is 4.74. The summed E-state index contributed by atoms with van der Waals surface area (Å²) in [6.45, 7) is 6.43. The number of hydrogen-bond donors (Lipinski definition) is 2. The first-order chi connectivity index (χ1) is 7.73. The molecule has 0 aliphatic carbocycles. The summed E-state index contributed by atoms with van der Waals surface area (Å²) >= 11 is 0. The maximum absolute atomic E-state index is 12.1. The third-order valence-electron chi connectivity index (χ3n) is 3.36. The zero-order chi connectivity index (χ0) is 13.4. The van der Waals surface area contributed by atoms with Crippen LogP contribution in [-0.4, -0.2) is 39.0 Å². The van der Waals surface area contributed by atoms with Crippen LogP contribution in [0.5, 0.6) is 0 Å². The number of carbonyl (C=O) groups excluding carboxylic acids is 2. The molecule has 0 aromatic carbocycles. The molecule has 1 fully saturated rings. The van der Waals surface area contributed by atoms with E-state index >= 15 is 0 Å². The first-order valence-electron chi connectivity index (χ1n) is 5.63. The van der Waals surface area contributed by atoms with Gasteiger partial charge in [-0.2, -0.15) is 0 Å². The van der Waals surface area contributed by atoms with Gasteiger partial charge in [0.2, 0.25) is 0 Å². The van der Waals surface area contributed by atoms with Crippen LogP contribution in [0.25, 0.3) is 0 Å². The first kappa shape index (κ1) is 13.5. The Morgan fingerprint density at radius 1 is 1.35 bits per heavy atom. The van der Waals surface area contributed by atoms with Gasteiger partial charge >= 0.3 is 12.0 Å². The highest BCUT2D eigenvalue weighted by molar-refractivity contribution is 6.10. The van der Waals surface area contributed by atoms with Crippen molar-refractivity contribution in [2.24, 2.45) is 0 Å². The molecule has 17 heavy (non-hydrogen) atoms. The lowest BCUT2D eigenvalue weighted by molar-refractivity contribution is -0.156. The van der Waals surface area contributed by atoms with E-state index in [2.05, 4.69) is 5.32 Å². The van der Waals surface area contributed by atoms with Crippen LogP contribution < -0.4 is 5.32 Å². The van der Waals surface area contributed by atoms with Crippen molar-refractivity contribution in [3.05, 3.63) is 0 Å². The molecule has 0 saturated carbocycles. The summed E-state index contributed by atoms with van der Waals surface area (Å²) in [5.74, 6) is -1.64. The van der Waals surface area contributed by atoms with Crippen LogP contribution in [0.4, 0.5) is 4.79 Å². The van der Waals surface area contributed by atoms with Gasteiger partial charge in [0.1, 0.15) is 11.1 Å². The van der Waals surface area contributed by atoms with Gasteiger partial charge in [0.15, 0.2) is 0 Å². The molecule has 0 aromatic rings. The highest BCUT2D eigenvalue weighted by Gasteiger charge is 2.55. The quantitative estimate of drug-likeness (QED) is 0.719. The molecule has 0 spiro atoms. The third kappa shape index (κ3) is 1.77. The lowest BCUT2D eigenvalue weighted by atomic mass is 9.90. The number of rotatable bonds is 4. The average molecular weight is 242 g/mol. The molecular formula is C11H18N2O4. The number of imide groups is 1. The topological polar surface area (TPSA) is 86.7 Å². The van der Waals surface area contributed by atoms with Gasteiger partial charge in [-0.1, -0.05) is 13.8 Å². The second kappa shape index (κ2) is 4.01. The fourth-order valence-corrected chi connectivity index (χ4v) is 2.10. The van der Waals surface area contributed by atoms with E-state index < -0.39 is 29.0 Å². The lowest BCUT2D eigenvalue weighted by Gasteiger charge is -2.34. The van der Waals surface area contributed by atoms with Crippen molar-refractivity contribution >= 4 is 17.9 Å². The fourth-order valence-electron chi connectivity index (χ4n) is 2.10. The summed E-state index contributed by atoms with van der Waals surface area (Å²) in [6, 6.07) is -0.633. The van der Waals surface area contributed by atoms with Crippen molar-refractivity contribution in [1.29, 1.82) is 0 Å². The van der Waals surface area contributed by atoms with Crippen molar-refractivity contribution in [1.82, 2.24) is 10.2 Å². The van der Waals surface area contributed by atoms with Gasteiger partial charge in [-0.15, -0.1) is 0 Å². The molecule has 1 aliphatic rings. The van der Waals surface area contributed by atoms with Crippen molar-refractivity contribution in [2.75, 3.05) is 0 Å². The van der Waals surface area contributed by atoms with Crippen LogP contribution in [-0.2, 0) is 9.59 Å². The fraction of sp³-hybridized carbons (Fsp3) is 0.727. The number of nitrogens with one attached hydrogen (secondary N) is 1. The molecule has 1 rings (SSSR count). The minimum atomic E-state index is -1.45. The number of carboxylic acids is 1. The summed E-state index contributed by atoms with van der Waals surface area (Å²) in [5.41, 5.74) is -2.49. The average Bonchev–Trinajstić information content (AvgIpc) is 2.42. The molecule has 3 amide bonds. The van der Waals surface area contributed by atoms with Crippen molar-refractivity contribution in [3.63, 3.8) is 0 Å². The molecule has 6 nitrogen and oxygen atoms in total. The van der Waals surface area contributed by atoms with Crippen LogP contribution >= 0.6 is 0 Å². The van der Waals surface area contributed by atoms with Crippen LogP contribution in [0.1, 0.15) is 40.5 Å². The Balaban J connectivity index is 3.26. The van der Waals surface area contributed by atoms with Crippen molar-refractivity contribution in [2.45, 2.75) is 51.6 Å². The minimum Gasteiger partial charge on any atom is -0.479 e. The van der Waals surface area contributed by atoms with Crippen molar-refractivity contribution < 1.29 is 19.5 Å². The Hall–Kier alpha value is -1.59. The number of amides is 3. The van der Waals surface area contributed by atoms with E-state index in [1.807, 2.05) is 0 Å². The third-order valence-corrected chi connectivity index (χ3v) is 3.36. The Bertz CT molecular complexity index is 372. The zero-order valence-electron chi connectivity index (χ0n) is 10.5. The molecule has 1 aliphatic heterocycles. The van der Waals surface area contributed by atoms with E-state index in [1.54, 1.807) is 27.7 Å². The number of aliphatic carboxylic acids is 1. The van der Waals surface area contributed by atoms with Crippen LogP contribution in [0.15, 0.2) is 0 Å². The summed E-state index contributed by atoms with van der Waals surface area (Å²) in [4.78, 5) is 36.1. The summed E-state index contributed by atoms with van der Waals surface area (Å²) in [5, 5.41) is 11.8. The molecule has 1 heterocycles. The Morgan fingerprint density at radius 2 is 1.82 bits per heavy atom. The predicted octanol–water partition coefficient (Wildman–Crippen LogP) is 0.960. The first-order valence-corrected chi connectivity index (χ1v) is 5.63. The predicted molar refractivity (Wildman–Crippen MR) is 60.4 cm³/mol. The number of nitrogens with zero attached hydrogens (tertiary/aromatic N) is 1. The highest BCUT2D eigenvalue weighted by atomic mass is 16.4. The molecule has 0 radical (unpaired) electrons. The van der Waals surface area contributed by atoms with E-state index in [0.29, 0.717) is 0 Å². The Morgan fingerprint density at radius 3 is 2.06 bits per heavy atom. The largest absolute Gasteiger partial charge is 0.479 e. The Kier molecular flexibility index (Phi) is 3.18. The number of hydrogen-bond acceptors (Lipinski definition) is 3. The van der Waals surface area contributed by atoms with E-state index in [4.69, 9.17) is 0 Å². The standard InChI is InChI=1S/C11H18N2O4/c1-5-11(6-2,8(15)16)13-7(14)10(3,4)12-9(13)17/h5-6H2,1-4H3,(H,12,17)(H,15,16). The number of carboxylic acid groups (broad SMARTS) is 1. The van der Waals surface area contributed by atoms with Gasteiger partial charge in [-0.3, -0.25) is 4.79 Å². The van der Waals surface area contributed by atoms with E-state index in [9.17, 15) is 19.5 Å². The molecule has 96 valence electrons. The summed E-state index contributed by atoms with van der Waals surface area (Å²) < 4.78 is 0. The molecule has 0 unspecified atom stereocenters. The normalized spacial score (nSPS) is 19.4. The molecule has 0 atom stereocenters. The number of carbonyl (C=O) groups is 3. The van der Waals surface area contributed by atoms with E-state index in [1.165, 1.54) is 0 Å². The van der Waals surface area contributed by atoms with Gasteiger partial charge in [0.25, 0.3) is 5.91 Å². The summed E-state index contributed by atoms with van der Waals surface area (Å²) in [6.07, 6.45) is 0.377. The van der Waals surface area contributed by atoms with E-state index in [0.717, 1.165) is 4.90 Å².